The molecule has 3 aromatic carbocycles. The van der Waals surface area contributed by atoms with Crippen LogP contribution in [0.4, 0.5) is 0 Å². The van der Waals surface area contributed by atoms with Gasteiger partial charge < -0.3 is 10.2 Å². The molecule has 202 valence electrons. The third kappa shape index (κ3) is 5.63. The third-order valence-electron chi connectivity index (χ3n) is 9.53. The topological polar surface area (TPSA) is 40.5 Å². The molecule has 1 unspecified atom stereocenters. The van der Waals surface area contributed by atoms with Gasteiger partial charge in [-0.1, -0.05) is 87.1 Å². The quantitative estimate of drug-likeness (QED) is 0.312. The minimum Gasteiger partial charge on any atom is -0.392 e. The molecule has 1 atom stereocenters. The van der Waals surface area contributed by atoms with Gasteiger partial charge in [-0.2, -0.15) is 0 Å². The zero-order chi connectivity index (χ0) is 26.6. The normalized spacial score (nSPS) is 18.0. The van der Waals surface area contributed by atoms with Crippen molar-refractivity contribution >= 4 is 0 Å². The average molecular weight is 511 g/mol. The van der Waals surface area contributed by atoms with Crippen molar-refractivity contribution in [3.63, 3.8) is 0 Å². The Hall–Kier alpha value is -2.42. The molecular formula is C36H46O2. The summed E-state index contributed by atoms with van der Waals surface area (Å²) in [5, 5.41) is 20.3. The molecule has 2 fully saturated rings. The van der Waals surface area contributed by atoms with E-state index in [-0.39, 0.29) is 19.1 Å². The highest BCUT2D eigenvalue weighted by atomic mass is 16.3. The summed E-state index contributed by atoms with van der Waals surface area (Å²) in [5.74, 6) is 1.29. The highest BCUT2D eigenvalue weighted by molar-refractivity contribution is 5.54. The van der Waals surface area contributed by atoms with Crippen LogP contribution in [0.15, 0.2) is 48.5 Å². The molecule has 2 aliphatic carbocycles. The van der Waals surface area contributed by atoms with Crippen LogP contribution in [0.25, 0.3) is 0 Å². The Morgan fingerprint density at radius 2 is 1.21 bits per heavy atom. The number of benzene rings is 3. The first-order valence-corrected chi connectivity index (χ1v) is 15.0. The maximum Gasteiger partial charge on any atom is 0.0684 e. The van der Waals surface area contributed by atoms with Crippen LogP contribution in [0.3, 0.4) is 0 Å². The first-order valence-electron chi connectivity index (χ1n) is 15.0. The van der Waals surface area contributed by atoms with Gasteiger partial charge in [0.25, 0.3) is 0 Å². The Balaban J connectivity index is 1.70. The number of hydrogen-bond acceptors (Lipinski definition) is 2. The van der Waals surface area contributed by atoms with E-state index in [1.165, 1.54) is 109 Å². The Kier molecular flexibility index (Phi) is 8.71. The molecule has 38 heavy (non-hydrogen) atoms. The smallest absolute Gasteiger partial charge is 0.0684 e. The van der Waals surface area contributed by atoms with E-state index in [0.717, 1.165) is 11.1 Å². The summed E-state index contributed by atoms with van der Waals surface area (Å²) in [5.41, 5.74) is 12.9. The van der Waals surface area contributed by atoms with Crippen molar-refractivity contribution in [1.29, 1.82) is 0 Å². The number of aliphatic hydroxyl groups is 2. The molecule has 0 aromatic heterocycles. The standard InChI is InChI=1S/C36H46O2/c1-24-17-25(2)33(20-32(24)28-12-6-4-7-13-28)36(30-16-10-11-27(19-30)22-37)34-21-35(29-14-8-5-9-15-29)31(23-38)18-26(34)3/h10-11,16-21,28-29,36-38H,4-9,12-15,22-23H2,1-3H3. The lowest BCUT2D eigenvalue weighted by atomic mass is 9.74. The SMILES string of the molecule is Cc1cc(C)c(C(c2cccc(CO)c2)c2cc(C3CCCCC3)c(CO)cc2C)cc1C1CCCCC1. The molecule has 2 nitrogen and oxygen atoms in total. The third-order valence-corrected chi connectivity index (χ3v) is 9.53. The zero-order valence-electron chi connectivity index (χ0n) is 23.7. The first kappa shape index (κ1) is 27.2. The summed E-state index contributed by atoms with van der Waals surface area (Å²) in [4.78, 5) is 0. The fourth-order valence-corrected chi connectivity index (χ4v) is 7.49. The van der Waals surface area contributed by atoms with E-state index in [2.05, 4.69) is 63.2 Å². The number of rotatable bonds is 7. The monoisotopic (exact) mass is 510 g/mol. The molecule has 0 heterocycles. The zero-order valence-corrected chi connectivity index (χ0v) is 23.7. The van der Waals surface area contributed by atoms with Crippen molar-refractivity contribution in [2.24, 2.45) is 0 Å². The largest absolute Gasteiger partial charge is 0.392 e. The molecular weight excluding hydrogens is 464 g/mol. The van der Waals surface area contributed by atoms with Crippen molar-refractivity contribution in [3.05, 3.63) is 104 Å². The summed E-state index contributed by atoms with van der Waals surface area (Å²) in [6.07, 6.45) is 13.0. The second kappa shape index (κ2) is 12.2. The van der Waals surface area contributed by atoms with Gasteiger partial charge >= 0.3 is 0 Å². The minimum atomic E-state index is 0.0521. The Bertz CT molecular complexity index is 1240. The molecule has 0 radical (unpaired) electrons. The molecule has 0 aliphatic heterocycles. The Labute approximate surface area is 230 Å². The van der Waals surface area contributed by atoms with Crippen molar-refractivity contribution in [1.82, 2.24) is 0 Å². The highest BCUT2D eigenvalue weighted by Crippen LogP contribution is 2.43. The average Bonchev–Trinajstić information content (AvgIpc) is 2.96. The molecule has 0 amide bonds. The lowest BCUT2D eigenvalue weighted by molar-refractivity contribution is 0.278. The van der Waals surface area contributed by atoms with Crippen LogP contribution in [-0.2, 0) is 13.2 Å². The van der Waals surface area contributed by atoms with Gasteiger partial charge in [-0.3, -0.25) is 0 Å². The summed E-state index contributed by atoms with van der Waals surface area (Å²) in [7, 11) is 0. The Morgan fingerprint density at radius 3 is 1.82 bits per heavy atom. The summed E-state index contributed by atoms with van der Waals surface area (Å²) in [6.45, 7) is 6.94. The van der Waals surface area contributed by atoms with E-state index < -0.39 is 0 Å². The van der Waals surface area contributed by atoms with Crippen LogP contribution in [0.5, 0.6) is 0 Å². The predicted octanol–water partition coefficient (Wildman–Crippen LogP) is 8.87. The molecule has 0 bridgehead atoms. The van der Waals surface area contributed by atoms with Gasteiger partial charge in [-0.25, -0.2) is 0 Å². The number of aliphatic hydroxyl groups excluding tert-OH is 2. The van der Waals surface area contributed by atoms with Gasteiger partial charge in [0.05, 0.1) is 13.2 Å². The molecule has 5 rings (SSSR count). The Morgan fingerprint density at radius 1 is 0.632 bits per heavy atom. The van der Waals surface area contributed by atoms with E-state index in [9.17, 15) is 10.2 Å². The van der Waals surface area contributed by atoms with Crippen molar-refractivity contribution < 1.29 is 10.2 Å². The molecule has 3 aromatic rings. The second-order valence-electron chi connectivity index (χ2n) is 12.1. The first-order chi connectivity index (χ1) is 18.5. The molecule has 2 heteroatoms. The molecule has 0 saturated heterocycles. The fourth-order valence-electron chi connectivity index (χ4n) is 7.49. The van der Waals surface area contributed by atoms with E-state index in [1.807, 2.05) is 6.07 Å². The second-order valence-corrected chi connectivity index (χ2v) is 12.1. The fraction of sp³-hybridized carbons (Fsp3) is 0.500. The van der Waals surface area contributed by atoms with Gasteiger partial charge in [-0.15, -0.1) is 0 Å². The van der Waals surface area contributed by atoms with Crippen molar-refractivity contribution in [2.75, 3.05) is 0 Å². The summed E-state index contributed by atoms with van der Waals surface area (Å²) >= 11 is 0. The maximum absolute atomic E-state index is 10.3. The molecule has 0 spiro atoms. The molecule has 2 aliphatic rings. The van der Waals surface area contributed by atoms with Crippen LogP contribution in [-0.4, -0.2) is 10.2 Å². The number of aryl methyl sites for hydroxylation is 3. The lowest BCUT2D eigenvalue weighted by Gasteiger charge is -2.30. The van der Waals surface area contributed by atoms with Crippen LogP contribution in [0.1, 0.15) is 138 Å². The van der Waals surface area contributed by atoms with Crippen molar-refractivity contribution in [2.45, 2.75) is 116 Å². The van der Waals surface area contributed by atoms with Crippen LogP contribution >= 0.6 is 0 Å². The van der Waals surface area contributed by atoms with E-state index in [0.29, 0.717) is 11.8 Å². The van der Waals surface area contributed by atoms with E-state index in [4.69, 9.17) is 0 Å². The van der Waals surface area contributed by atoms with Crippen LogP contribution < -0.4 is 0 Å². The van der Waals surface area contributed by atoms with Gasteiger partial charge in [-0.05, 0) is 114 Å². The highest BCUT2D eigenvalue weighted by Gasteiger charge is 2.27. The summed E-state index contributed by atoms with van der Waals surface area (Å²) < 4.78 is 0. The van der Waals surface area contributed by atoms with E-state index in [1.54, 1.807) is 0 Å². The number of hydrogen-bond donors (Lipinski definition) is 2. The minimum absolute atomic E-state index is 0.0521. The van der Waals surface area contributed by atoms with Gasteiger partial charge in [0.15, 0.2) is 0 Å². The predicted molar refractivity (Wildman–Crippen MR) is 158 cm³/mol. The van der Waals surface area contributed by atoms with Gasteiger partial charge in [0, 0.05) is 5.92 Å². The van der Waals surface area contributed by atoms with E-state index >= 15 is 0 Å². The van der Waals surface area contributed by atoms with Gasteiger partial charge in [0.1, 0.15) is 0 Å². The van der Waals surface area contributed by atoms with Gasteiger partial charge in [0.2, 0.25) is 0 Å². The molecule has 2 saturated carbocycles. The van der Waals surface area contributed by atoms with Crippen molar-refractivity contribution in [3.8, 4) is 0 Å². The molecule has 2 N–H and O–H groups in total. The lowest BCUT2D eigenvalue weighted by Crippen LogP contribution is -2.14. The van der Waals surface area contributed by atoms with Crippen LogP contribution in [0, 0.1) is 20.8 Å². The van der Waals surface area contributed by atoms with Crippen LogP contribution in [0.2, 0.25) is 0 Å². The maximum atomic E-state index is 10.3. The summed E-state index contributed by atoms with van der Waals surface area (Å²) in [6, 6.07) is 18.2.